The molecule has 4 rings (SSSR count). The van der Waals surface area contributed by atoms with E-state index in [1.54, 1.807) is 29.2 Å². The molecule has 0 bridgehead atoms. The number of carbonyl (C=O) groups is 2. The van der Waals surface area contributed by atoms with Gasteiger partial charge < -0.3 is 9.64 Å². The molecule has 1 aromatic heterocycles. The van der Waals surface area contributed by atoms with E-state index in [4.69, 9.17) is 4.74 Å². The molecular formula is C27H27N5O3. The molecule has 0 saturated heterocycles. The zero-order valence-corrected chi connectivity index (χ0v) is 19.6. The Labute approximate surface area is 203 Å². The second-order valence-electron chi connectivity index (χ2n) is 8.09. The van der Waals surface area contributed by atoms with Crippen LogP contribution in [-0.2, 0) is 11.3 Å². The molecular weight excluding hydrogens is 442 g/mol. The van der Waals surface area contributed by atoms with Crippen molar-refractivity contribution in [2.24, 2.45) is 0 Å². The first-order valence-electron chi connectivity index (χ1n) is 11.6. The molecule has 4 aromatic rings. The average Bonchev–Trinajstić information content (AvgIpc) is 3.45. The Bertz CT molecular complexity index is 1260. The number of tetrazole rings is 1. The third-order valence-electron chi connectivity index (χ3n) is 5.68. The Morgan fingerprint density at radius 3 is 2.46 bits per heavy atom. The topological polar surface area (TPSA) is 101 Å². The van der Waals surface area contributed by atoms with E-state index in [9.17, 15) is 9.59 Å². The van der Waals surface area contributed by atoms with Crippen LogP contribution < -0.4 is 4.74 Å². The van der Waals surface area contributed by atoms with Crippen LogP contribution in [0.1, 0.15) is 35.7 Å². The van der Waals surface area contributed by atoms with Crippen molar-refractivity contribution in [3.05, 3.63) is 83.9 Å². The third kappa shape index (κ3) is 5.97. The van der Waals surface area contributed by atoms with Gasteiger partial charge in [0.25, 0.3) is 5.91 Å². The highest BCUT2D eigenvalue weighted by molar-refractivity contribution is 5.81. The summed E-state index contributed by atoms with van der Waals surface area (Å²) >= 11 is 0. The van der Waals surface area contributed by atoms with Gasteiger partial charge in [0.1, 0.15) is 5.75 Å². The minimum atomic E-state index is -0.120. The Kier molecular flexibility index (Phi) is 7.96. The number of rotatable bonds is 11. The fraction of sp³-hybridized carbons (Fsp3) is 0.222. The molecule has 1 N–H and O–H groups in total. The zero-order chi connectivity index (χ0) is 24.5. The van der Waals surface area contributed by atoms with E-state index in [1.807, 2.05) is 48.5 Å². The summed E-state index contributed by atoms with van der Waals surface area (Å²) in [7, 11) is 0. The Hall–Kier alpha value is -4.33. The molecule has 0 unspecified atom stereocenters. The lowest BCUT2D eigenvalue weighted by molar-refractivity contribution is -0.134. The Morgan fingerprint density at radius 1 is 1.00 bits per heavy atom. The maximum absolute atomic E-state index is 13.0. The number of aldehydes is 1. The van der Waals surface area contributed by atoms with E-state index < -0.39 is 0 Å². The van der Waals surface area contributed by atoms with Crippen molar-refractivity contribution in [2.45, 2.75) is 26.3 Å². The lowest BCUT2D eigenvalue weighted by atomic mass is 9.98. The first-order valence-corrected chi connectivity index (χ1v) is 11.6. The van der Waals surface area contributed by atoms with Crippen LogP contribution >= 0.6 is 0 Å². The quantitative estimate of drug-likeness (QED) is 0.323. The summed E-state index contributed by atoms with van der Waals surface area (Å²) in [5.74, 6) is 0.832. The third-order valence-corrected chi connectivity index (χ3v) is 5.68. The minimum Gasteiger partial charge on any atom is -0.483 e. The van der Waals surface area contributed by atoms with Crippen molar-refractivity contribution in [1.29, 1.82) is 0 Å². The number of benzene rings is 3. The normalized spacial score (nSPS) is 10.7. The van der Waals surface area contributed by atoms with Gasteiger partial charge in [0.2, 0.25) is 5.82 Å². The second kappa shape index (κ2) is 11.7. The van der Waals surface area contributed by atoms with Crippen LogP contribution in [0.4, 0.5) is 0 Å². The number of hydrogen-bond acceptors (Lipinski definition) is 6. The van der Waals surface area contributed by atoms with Crippen LogP contribution in [0.2, 0.25) is 0 Å². The maximum Gasteiger partial charge on any atom is 0.260 e. The van der Waals surface area contributed by atoms with Crippen LogP contribution in [0.15, 0.2) is 72.8 Å². The smallest absolute Gasteiger partial charge is 0.260 e. The number of aromatic nitrogens is 4. The number of nitrogens with one attached hydrogen (secondary N) is 1. The lowest BCUT2D eigenvalue weighted by Gasteiger charge is -2.23. The maximum atomic E-state index is 13.0. The van der Waals surface area contributed by atoms with Crippen LogP contribution in [0, 0.1) is 0 Å². The molecule has 0 spiro atoms. The number of H-pyrrole nitrogens is 1. The summed E-state index contributed by atoms with van der Waals surface area (Å²) in [6.07, 6.45) is 2.60. The number of aromatic amines is 1. The molecule has 0 radical (unpaired) electrons. The predicted molar refractivity (Wildman–Crippen MR) is 133 cm³/mol. The van der Waals surface area contributed by atoms with E-state index in [0.717, 1.165) is 41.4 Å². The molecule has 0 saturated carbocycles. The lowest BCUT2D eigenvalue weighted by Crippen LogP contribution is -2.35. The zero-order valence-electron chi connectivity index (χ0n) is 19.6. The Balaban J connectivity index is 1.47. The highest BCUT2D eigenvalue weighted by atomic mass is 16.5. The number of amides is 1. The molecule has 8 nitrogen and oxygen atoms in total. The van der Waals surface area contributed by atoms with Crippen molar-refractivity contribution in [1.82, 2.24) is 25.5 Å². The van der Waals surface area contributed by atoms with Crippen molar-refractivity contribution in [3.8, 4) is 28.3 Å². The average molecular weight is 470 g/mol. The number of hydrogen-bond donors (Lipinski definition) is 1. The summed E-state index contributed by atoms with van der Waals surface area (Å²) in [5, 5.41) is 14.4. The van der Waals surface area contributed by atoms with Gasteiger partial charge in [0.15, 0.2) is 12.9 Å². The molecule has 0 aliphatic heterocycles. The van der Waals surface area contributed by atoms with E-state index in [0.29, 0.717) is 30.2 Å². The number of unbranched alkanes of at least 4 members (excludes halogenated alkanes) is 1. The standard InChI is InChI=1S/C27H27N5O3/c1-2-3-16-32(26(34)19-35-25-11-7-4-8-22(25)18-33)17-20-12-14-21(15-13-20)23-9-5-6-10-24(23)27-28-30-31-29-27/h4-15,18H,2-3,16-17,19H2,1H3,(H,28,29,30,31). The molecule has 35 heavy (non-hydrogen) atoms. The van der Waals surface area contributed by atoms with Gasteiger partial charge in [-0.1, -0.05) is 74.0 Å². The monoisotopic (exact) mass is 469 g/mol. The van der Waals surface area contributed by atoms with Gasteiger partial charge in [0.05, 0.1) is 5.56 Å². The van der Waals surface area contributed by atoms with Crippen molar-refractivity contribution in [2.75, 3.05) is 13.2 Å². The SMILES string of the molecule is CCCCN(Cc1ccc(-c2ccccc2-c2nn[nH]n2)cc1)C(=O)COc1ccccc1C=O. The van der Waals surface area contributed by atoms with Gasteiger partial charge in [-0.05, 0) is 40.5 Å². The Morgan fingerprint density at radius 2 is 1.74 bits per heavy atom. The summed E-state index contributed by atoms with van der Waals surface area (Å²) in [5.41, 5.74) is 4.36. The first-order chi connectivity index (χ1) is 17.2. The van der Waals surface area contributed by atoms with Gasteiger partial charge in [0, 0.05) is 18.7 Å². The largest absolute Gasteiger partial charge is 0.483 e. The predicted octanol–water partition coefficient (Wildman–Crippen LogP) is 4.55. The first kappa shape index (κ1) is 23.8. The van der Waals surface area contributed by atoms with Crippen molar-refractivity contribution >= 4 is 12.2 Å². The molecule has 8 heteroatoms. The number of ether oxygens (including phenoxy) is 1. The fourth-order valence-corrected chi connectivity index (χ4v) is 3.80. The fourth-order valence-electron chi connectivity index (χ4n) is 3.80. The number of carbonyl (C=O) groups excluding carboxylic acids is 2. The molecule has 0 aliphatic rings. The van der Waals surface area contributed by atoms with Gasteiger partial charge in [-0.3, -0.25) is 9.59 Å². The van der Waals surface area contributed by atoms with E-state index in [1.165, 1.54) is 0 Å². The van der Waals surface area contributed by atoms with Gasteiger partial charge >= 0.3 is 0 Å². The molecule has 0 atom stereocenters. The molecule has 1 heterocycles. The van der Waals surface area contributed by atoms with E-state index in [2.05, 4.69) is 27.5 Å². The van der Waals surface area contributed by atoms with Crippen LogP contribution in [0.25, 0.3) is 22.5 Å². The van der Waals surface area contributed by atoms with Gasteiger partial charge in [-0.15, -0.1) is 10.2 Å². The van der Waals surface area contributed by atoms with Gasteiger partial charge in [-0.2, -0.15) is 5.21 Å². The minimum absolute atomic E-state index is 0.120. The summed E-state index contributed by atoms with van der Waals surface area (Å²) in [6, 6.07) is 22.9. The molecule has 1 amide bonds. The highest BCUT2D eigenvalue weighted by Gasteiger charge is 2.16. The van der Waals surface area contributed by atoms with E-state index in [-0.39, 0.29) is 12.5 Å². The van der Waals surface area contributed by atoms with Crippen LogP contribution in [0.3, 0.4) is 0 Å². The second-order valence-corrected chi connectivity index (χ2v) is 8.09. The molecule has 3 aromatic carbocycles. The van der Waals surface area contributed by atoms with Crippen LogP contribution in [0.5, 0.6) is 5.75 Å². The molecule has 178 valence electrons. The van der Waals surface area contributed by atoms with Crippen molar-refractivity contribution < 1.29 is 14.3 Å². The number of para-hydroxylation sites is 1. The summed E-state index contributed by atoms with van der Waals surface area (Å²) in [4.78, 5) is 26.0. The summed E-state index contributed by atoms with van der Waals surface area (Å²) in [6.45, 7) is 3.08. The van der Waals surface area contributed by atoms with Crippen molar-refractivity contribution in [3.63, 3.8) is 0 Å². The number of nitrogens with zero attached hydrogens (tertiary/aromatic N) is 4. The molecule has 0 aliphatic carbocycles. The van der Waals surface area contributed by atoms with Crippen LogP contribution in [-0.4, -0.2) is 50.9 Å². The summed E-state index contributed by atoms with van der Waals surface area (Å²) < 4.78 is 5.67. The highest BCUT2D eigenvalue weighted by Crippen LogP contribution is 2.30. The van der Waals surface area contributed by atoms with E-state index >= 15 is 0 Å². The molecule has 0 fully saturated rings. The van der Waals surface area contributed by atoms with Gasteiger partial charge in [-0.25, -0.2) is 0 Å².